The van der Waals surface area contributed by atoms with Crippen LogP contribution >= 0.6 is 7.82 Å². The molecule has 0 aromatic carbocycles. The first-order valence-corrected chi connectivity index (χ1v) is 18.2. The summed E-state index contributed by atoms with van der Waals surface area (Å²) in [6.45, 7) is 4.39. The van der Waals surface area contributed by atoms with Gasteiger partial charge in [-0.3, -0.25) is 37.8 Å². The van der Waals surface area contributed by atoms with Gasteiger partial charge in [-0.2, -0.15) is 0 Å². The lowest BCUT2D eigenvalue weighted by atomic mass is 10.0. The number of nitrogens with zero attached hydrogens (tertiary/aromatic N) is 2. The third-order valence-corrected chi connectivity index (χ3v) is 9.12. The van der Waals surface area contributed by atoms with Crippen molar-refractivity contribution in [3.8, 4) is 0 Å². The van der Waals surface area contributed by atoms with Crippen molar-refractivity contribution in [3.05, 3.63) is 18.2 Å². The molecule has 1 aromatic rings. The topological polar surface area (TPSA) is 325 Å². The number of H-pyrrole nitrogens is 1. The lowest BCUT2D eigenvalue weighted by molar-refractivity contribution is -0.139. The number of amides is 6. The normalized spacial score (nSPS) is 19.0. The van der Waals surface area contributed by atoms with Crippen molar-refractivity contribution in [2.24, 2.45) is 11.7 Å². The lowest BCUT2D eigenvalue weighted by Crippen LogP contribution is -2.61. The molecule has 0 bridgehead atoms. The molecule has 6 amide bonds. The van der Waals surface area contributed by atoms with E-state index in [1.54, 1.807) is 0 Å². The molecular weight excluding hydrogens is 711 g/mol. The van der Waals surface area contributed by atoms with Crippen LogP contribution in [0.15, 0.2) is 12.5 Å². The van der Waals surface area contributed by atoms with Gasteiger partial charge in [-0.15, -0.1) is 0 Å². The van der Waals surface area contributed by atoms with E-state index in [0.717, 1.165) is 6.92 Å². The number of phosphoric acid groups is 1. The molecule has 11 N–H and O–H groups in total. The predicted molar refractivity (Wildman–Crippen MR) is 180 cm³/mol. The lowest BCUT2D eigenvalue weighted by Gasteiger charge is -2.28. The molecule has 52 heavy (non-hydrogen) atoms. The molecule has 1 fully saturated rings. The van der Waals surface area contributed by atoms with E-state index in [4.69, 9.17) is 19.9 Å². The zero-order valence-corrected chi connectivity index (χ0v) is 30.4. The summed E-state index contributed by atoms with van der Waals surface area (Å²) in [6, 6.07) is -6.76. The number of aromatic amines is 1. The van der Waals surface area contributed by atoms with Gasteiger partial charge in [0.25, 0.3) is 0 Å². The van der Waals surface area contributed by atoms with E-state index in [1.165, 1.54) is 24.3 Å². The summed E-state index contributed by atoms with van der Waals surface area (Å²) in [6.07, 6.45) is 0.743. The van der Waals surface area contributed by atoms with Crippen molar-refractivity contribution in [1.82, 2.24) is 36.1 Å². The summed E-state index contributed by atoms with van der Waals surface area (Å²) in [5.41, 5.74) is 5.78. The Kier molecular flexibility index (Phi) is 17.8. The van der Waals surface area contributed by atoms with Gasteiger partial charge in [0.1, 0.15) is 30.2 Å². The molecule has 1 aliphatic heterocycles. The van der Waals surface area contributed by atoms with Crippen molar-refractivity contribution < 1.29 is 62.6 Å². The zero-order valence-electron chi connectivity index (χ0n) is 29.5. The van der Waals surface area contributed by atoms with Crippen LogP contribution in [0.4, 0.5) is 0 Å². The number of carbonyl (C=O) groups excluding carboxylic acids is 6. The minimum absolute atomic E-state index is 0.0825. The number of nitrogens with two attached hydrogens (primary N) is 1. The summed E-state index contributed by atoms with van der Waals surface area (Å²) in [5, 5.41) is 38.0. The number of rotatable bonds is 22. The van der Waals surface area contributed by atoms with E-state index >= 15 is 0 Å². The fourth-order valence-electron chi connectivity index (χ4n) is 5.32. The maximum atomic E-state index is 13.6. The summed E-state index contributed by atoms with van der Waals surface area (Å²) in [4.78, 5) is 95.9. The molecule has 1 aromatic heterocycles. The first-order chi connectivity index (χ1) is 24.4. The van der Waals surface area contributed by atoms with Gasteiger partial charge >= 0.3 is 7.82 Å². The van der Waals surface area contributed by atoms with E-state index in [0.29, 0.717) is 25.1 Å². The van der Waals surface area contributed by atoms with E-state index in [9.17, 15) is 48.4 Å². The molecule has 21 nitrogen and oxygen atoms in total. The van der Waals surface area contributed by atoms with Crippen LogP contribution < -0.4 is 27.0 Å². The number of primary amides is 1. The smallest absolute Gasteiger partial charge is 0.394 e. The van der Waals surface area contributed by atoms with Crippen molar-refractivity contribution in [3.63, 3.8) is 0 Å². The molecule has 0 aliphatic carbocycles. The number of carbonyl (C=O) groups is 6. The fourth-order valence-corrected chi connectivity index (χ4v) is 6.26. The summed E-state index contributed by atoms with van der Waals surface area (Å²) < 4.78 is 22.0. The van der Waals surface area contributed by atoms with Crippen molar-refractivity contribution in [2.45, 2.75) is 102 Å². The van der Waals surface area contributed by atoms with Gasteiger partial charge in [-0.05, 0) is 38.5 Å². The highest BCUT2D eigenvalue weighted by atomic mass is 31.2. The second-order valence-corrected chi connectivity index (χ2v) is 14.2. The molecule has 2 heterocycles. The van der Waals surface area contributed by atoms with Crippen LogP contribution in [0, 0.1) is 5.92 Å². The van der Waals surface area contributed by atoms with Crippen LogP contribution in [-0.2, 0) is 48.8 Å². The number of hydrogen-bond donors (Lipinski definition) is 10. The molecule has 1 saturated heterocycles. The van der Waals surface area contributed by atoms with Gasteiger partial charge in [0, 0.05) is 31.8 Å². The number of phosphoric ester groups is 1. The largest absolute Gasteiger partial charge is 0.472 e. The first kappa shape index (κ1) is 44.2. The molecule has 22 heteroatoms. The zero-order chi connectivity index (χ0) is 39.2. The van der Waals surface area contributed by atoms with Crippen LogP contribution in [0.2, 0.25) is 0 Å². The summed E-state index contributed by atoms with van der Waals surface area (Å²) in [5.74, 6) is -4.94. The third kappa shape index (κ3) is 14.2. The van der Waals surface area contributed by atoms with Gasteiger partial charge < -0.3 is 57.1 Å². The number of aliphatic hydroxyl groups excluding tert-OH is 3. The number of likely N-dealkylation sites (tertiary alicyclic amines) is 1. The molecule has 0 radical (unpaired) electrons. The highest BCUT2D eigenvalue weighted by molar-refractivity contribution is 7.47. The van der Waals surface area contributed by atoms with Gasteiger partial charge in [0.15, 0.2) is 0 Å². The van der Waals surface area contributed by atoms with Crippen LogP contribution in [0.3, 0.4) is 0 Å². The van der Waals surface area contributed by atoms with Gasteiger partial charge in [-0.25, -0.2) is 9.55 Å². The third-order valence-electron chi connectivity index (χ3n) is 8.02. The van der Waals surface area contributed by atoms with Crippen LogP contribution in [0.1, 0.15) is 59.1 Å². The number of aromatic nitrogens is 2. The Morgan fingerprint density at radius 2 is 1.65 bits per heavy atom. The Morgan fingerprint density at radius 3 is 2.21 bits per heavy atom. The minimum atomic E-state index is -4.86. The van der Waals surface area contributed by atoms with Crippen molar-refractivity contribution >= 4 is 43.3 Å². The molecule has 1 unspecified atom stereocenters. The van der Waals surface area contributed by atoms with Gasteiger partial charge in [-0.1, -0.05) is 13.8 Å². The van der Waals surface area contributed by atoms with Crippen molar-refractivity contribution in [1.29, 1.82) is 0 Å². The number of hydrogen-bond acceptors (Lipinski definition) is 13. The van der Waals surface area contributed by atoms with Gasteiger partial charge in [0.05, 0.1) is 38.4 Å². The van der Waals surface area contributed by atoms with E-state index < -0.39 is 99.6 Å². The Bertz CT molecular complexity index is 1420. The number of aliphatic hydroxyl groups is 3. The molecule has 0 spiro atoms. The predicted octanol–water partition coefficient (Wildman–Crippen LogP) is -3.31. The highest BCUT2D eigenvalue weighted by Gasteiger charge is 2.37. The van der Waals surface area contributed by atoms with E-state index in [2.05, 4.69) is 31.2 Å². The average molecular weight is 763 g/mol. The Hall–Kier alpha value is -3.98. The quantitative estimate of drug-likeness (QED) is 0.0518. The second-order valence-electron chi connectivity index (χ2n) is 12.8. The average Bonchev–Trinajstić information content (AvgIpc) is 3.77. The molecule has 0 saturated carbocycles. The Labute approximate surface area is 300 Å². The van der Waals surface area contributed by atoms with E-state index in [-0.39, 0.29) is 31.1 Å². The summed E-state index contributed by atoms with van der Waals surface area (Å²) in [7, 11) is -4.86. The monoisotopic (exact) mass is 762 g/mol. The summed E-state index contributed by atoms with van der Waals surface area (Å²) >= 11 is 0. The van der Waals surface area contributed by atoms with E-state index in [1.807, 2.05) is 13.8 Å². The van der Waals surface area contributed by atoms with Crippen molar-refractivity contribution in [2.75, 3.05) is 26.4 Å². The fraction of sp³-hybridized carbons (Fsp3) is 0.700. The molecule has 2 rings (SSSR count). The molecule has 294 valence electrons. The standard InChI is InChI=1S/C30H51N8O13P/c1-16(2)10-21(35-30(47)24-6-5-8-38(24)18(4)41)27(44)34-22(11-19-12-32-15-33-19)28(45)36-23(14-40)29(46)37-25(26(31)43)17(3)51-52(48,49)50-9-7-20(42)13-39/h12,15-17,20-25,39-40,42H,5-11,13-14H2,1-4H3,(H2,31,43)(H,32,33)(H,34,44)(H,35,47)(H,36,45)(H,37,46)(H,48,49)/t17-,20+,21+,22+,23+,24+,25+/m1/s1. The van der Waals surface area contributed by atoms with Gasteiger partial charge in [0.2, 0.25) is 35.4 Å². The van der Waals surface area contributed by atoms with Crippen LogP contribution in [0.5, 0.6) is 0 Å². The maximum absolute atomic E-state index is 13.6. The highest BCUT2D eigenvalue weighted by Crippen LogP contribution is 2.45. The second kappa shape index (κ2) is 20.9. The Balaban J connectivity index is 2.19. The molecular formula is C30H51N8O13P. The molecule has 8 atom stereocenters. The van der Waals surface area contributed by atoms with Crippen LogP contribution in [0.25, 0.3) is 0 Å². The SMILES string of the molecule is CC(=O)N1CCC[C@H]1C(=O)N[C@@H](CC(C)C)C(=O)N[C@@H](Cc1cnc[nH]1)C(=O)N[C@@H](CO)C(=O)N[C@H](C(N)=O)[C@@H](C)OP(=O)(O)OCC[C@H](O)CO. The Morgan fingerprint density at radius 1 is 1.02 bits per heavy atom. The number of nitrogens with one attached hydrogen (secondary N) is 5. The number of imidazole rings is 1. The molecule has 1 aliphatic rings. The first-order valence-electron chi connectivity index (χ1n) is 16.7. The maximum Gasteiger partial charge on any atom is 0.472 e. The van der Waals surface area contributed by atoms with Crippen LogP contribution in [-0.4, -0.2) is 139 Å². The minimum Gasteiger partial charge on any atom is -0.394 e.